The number of carbonyl (C=O) groups excluding carboxylic acids is 1. The van der Waals surface area contributed by atoms with Crippen LogP contribution in [0.3, 0.4) is 0 Å². The van der Waals surface area contributed by atoms with Gasteiger partial charge < -0.3 is 15.4 Å². The zero-order chi connectivity index (χ0) is 17.0. The van der Waals surface area contributed by atoms with Gasteiger partial charge in [-0.3, -0.25) is 4.79 Å². The van der Waals surface area contributed by atoms with Crippen LogP contribution in [0.2, 0.25) is 0 Å². The van der Waals surface area contributed by atoms with Gasteiger partial charge >= 0.3 is 6.36 Å². The minimum absolute atomic E-state index is 0.0118. The van der Waals surface area contributed by atoms with Crippen molar-refractivity contribution in [2.24, 2.45) is 11.7 Å². The smallest absolute Gasteiger partial charge is 0.406 e. The second kappa shape index (κ2) is 7.21. The summed E-state index contributed by atoms with van der Waals surface area (Å²) in [6, 6.07) is 5.72. The molecule has 1 aromatic rings. The Labute approximate surface area is 133 Å². The predicted molar refractivity (Wildman–Crippen MR) is 79.5 cm³/mol. The molecular weight excluding hydrogens is 309 g/mol. The molecule has 1 aliphatic rings. The number of rotatable bonds is 4. The quantitative estimate of drug-likeness (QED) is 0.923. The van der Waals surface area contributed by atoms with Crippen LogP contribution in [0.4, 0.5) is 13.2 Å². The van der Waals surface area contributed by atoms with E-state index >= 15 is 0 Å². The number of hydrogen-bond acceptors (Lipinski definition) is 3. The number of hydrogen-bond donors (Lipinski definition) is 1. The molecule has 2 atom stereocenters. The van der Waals surface area contributed by atoms with E-state index in [1.54, 1.807) is 13.1 Å². The van der Waals surface area contributed by atoms with Crippen molar-refractivity contribution < 1.29 is 22.7 Å². The van der Waals surface area contributed by atoms with Gasteiger partial charge in [-0.15, -0.1) is 13.2 Å². The second-order valence-electron chi connectivity index (χ2n) is 6.01. The summed E-state index contributed by atoms with van der Waals surface area (Å²) in [6.45, 7) is 0.236. The third kappa shape index (κ3) is 5.42. The molecule has 128 valence electrons. The molecule has 1 fully saturated rings. The SMILES string of the molecule is CN(Cc1cccc(OC(F)(F)F)c1)C(=O)C1CCCC(N)C1. The van der Waals surface area contributed by atoms with Crippen molar-refractivity contribution >= 4 is 5.91 Å². The van der Waals surface area contributed by atoms with E-state index in [0.29, 0.717) is 12.0 Å². The summed E-state index contributed by atoms with van der Waals surface area (Å²) >= 11 is 0. The molecule has 0 spiro atoms. The van der Waals surface area contributed by atoms with Gasteiger partial charge in [0.1, 0.15) is 5.75 Å². The summed E-state index contributed by atoms with van der Waals surface area (Å²) in [5.41, 5.74) is 6.49. The van der Waals surface area contributed by atoms with Crippen LogP contribution in [0, 0.1) is 5.92 Å². The molecule has 2 unspecified atom stereocenters. The lowest BCUT2D eigenvalue weighted by atomic mass is 9.85. The van der Waals surface area contributed by atoms with E-state index in [9.17, 15) is 18.0 Å². The Morgan fingerprint density at radius 3 is 2.78 bits per heavy atom. The van der Waals surface area contributed by atoms with Crippen LogP contribution in [0.15, 0.2) is 24.3 Å². The fourth-order valence-electron chi connectivity index (χ4n) is 2.96. The zero-order valence-corrected chi connectivity index (χ0v) is 13.0. The lowest BCUT2D eigenvalue weighted by Gasteiger charge is -2.29. The first kappa shape index (κ1) is 17.6. The van der Waals surface area contributed by atoms with E-state index in [0.717, 1.165) is 19.3 Å². The number of benzene rings is 1. The van der Waals surface area contributed by atoms with E-state index in [4.69, 9.17) is 5.73 Å². The Bertz CT molecular complexity index is 548. The summed E-state index contributed by atoms with van der Waals surface area (Å²) in [5.74, 6) is -0.392. The van der Waals surface area contributed by atoms with Gasteiger partial charge in [0.05, 0.1) is 0 Å². The highest BCUT2D eigenvalue weighted by atomic mass is 19.4. The molecule has 23 heavy (non-hydrogen) atoms. The second-order valence-corrected chi connectivity index (χ2v) is 6.01. The average Bonchev–Trinajstić information content (AvgIpc) is 2.45. The summed E-state index contributed by atoms with van der Waals surface area (Å²) in [4.78, 5) is 14.0. The van der Waals surface area contributed by atoms with Crippen LogP contribution in [-0.4, -0.2) is 30.3 Å². The van der Waals surface area contributed by atoms with Crippen molar-refractivity contribution in [2.45, 2.75) is 44.6 Å². The van der Waals surface area contributed by atoms with E-state index < -0.39 is 6.36 Å². The number of alkyl halides is 3. The van der Waals surface area contributed by atoms with Gasteiger partial charge in [-0.25, -0.2) is 0 Å². The molecule has 1 aromatic carbocycles. The minimum atomic E-state index is -4.72. The maximum atomic E-state index is 12.4. The third-order valence-corrected chi connectivity index (χ3v) is 3.99. The Balaban J connectivity index is 1.98. The number of nitrogens with two attached hydrogens (primary N) is 1. The maximum absolute atomic E-state index is 12.4. The number of amides is 1. The molecule has 0 aromatic heterocycles. The van der Waals surface area contributed by atoms with Crippen molar-refractivity contribution in [1.29, 1.82) is 0 Å². The van der Waals surface area contributed by atoms with E-state index in [2.05, 4.69) is 4.74 Å². The van der Waals surface area contributed by atoms with Gasteiger partial charge in [-0.05, 0) is 37.0 Å². The first-order valence-electron chi connectivity index (χ1n) is 7.60. The Hall–Kier alpha value is -1.76. The Morgan fingerprint density at radius 2 is 2.13 bits per heavy atom. The fraction of sp³-hybridized carbons (Fsp3) is 0.562. The van der Waals surface area contributed by atoms with Crippen molar-refractivity contribution in [2.75, 3.05) is 7.05 Å². The van der Waals surface area contributed by atoms with E-state index in [1.165, 1.54) is 23.1 Å². The zero-order valence-electron chi connectivity index (χ0n) is 13.0. The molecule has 0 bridgehead atoms. The molecule has 0 radical (unpaired) electrons. The normalized spacial score (nSPS) is 21.8. The van der Waals surface area contributed by atoms with Crippen LogP contribution in [0.25, 0.3) is 0 Å². The highest BCUT2D eigenvalue weighted by molar-refractivity contribution is 5.78. The van der Waals surface area contributed by atoms with Crippen molar-refractivity contribution in [3.05, 3.63) is 29.8 Å². The van der Waals surface area contributed by atoms with Gasteiger partial charge in [0.15, 0.2) is 0 Å². The lowest BCUT2D eigenvalue weighted by molar-refractivity contribution is -0.274. The molecule has 4 nitrogen and oxygen atoms in total. The molecule has 2 N–H and O–H groups in total. The largest absolute Gasteiger partial charge is 0.573 e. The summed E-state index contributed by atoms with van der Waals surface area (Å²) in [6.07, 6.45) is -1.38. The number of ether oxygens (including phenoxy) is 1. The summed E-state index contributed by atoms with van der Waals surface area (Å²) in [7, 11) is 1.65. The third-order valence-electron chi connectivity index (χ3n) is 3.99. The first-order chi connectivity index (χ1) is 10.7. The monoisotopic (exact) mass is 330 g/mol. The van der Waals surface area contributed by atoms with Crippen LogP contribution in [-0.2, 0) is 11.3 Å². The summed E-state index contributed by atoms with van der Waals surface area (Å²) in [5, 5.41) is 0. The van der Waals surface area contributed by atoms with E-state index in [1.807, 2.05) is 0 Å². The average molecular weight is 330 g/mol. The number of nitrogens with zero attached hydrogens (tertiary/aromatic N) is 1. The van der Waals surface area contributed by atoms with Crippen molar-refractivity contribution in [3.8, 4) is 5.75 Å². The van der Waals surface area contributed by atoms with Crippen molar-refractivity contribution in [1.82, 2.24) is 4.90 Å². The Kier molecular flexibility index (Phi) is 5.51. The molecule has 7 heteroatoms. The van der Waals surface area contributed by atoms with Gasteiger partial charge in [-0.1, -0.05) is 18.6 Å². The lowest BCUT2D eigenvalue weighted by Crippen LogP contribution is -2.38. The minimum Gasteiger partial charge on any atom is -0.406 e. The molecular formula is C16H21F3N2O2. The molecule has 0 aliphatic heterocycles. The molecule has 1 amide bonds. The van der Waals surface area contributed by atoms with Crippen LogP contribution in [0.5, 0.6) is 5.75 Å². The molecule has 0 saturated heterocycles. The van der Waals surface area contributed by atoms with Gasteiger partial charge in [0, 0.05) is 25.6 Å². The molecule has 2 rings (SSSR count). The molecule has 1 saturated carbocycles. The van der Waals surface area contributed by atoms with Crippen LogP contribution >= 0.6 is 0 Å². The standard InChI is InChI=1S/C16H21F3N2O2/c1-21(15(22)12-5-3-6-13(20)9-12)10-11-4-2-7-14(8-11)23-16(17,18)19/h2,4,7-8,12-13H,3,5-6,9-10,20H2,1H3. The number of carbonyl (C=O) groups is 1. The first-order valence-corrected chi connectivity index (χ1v) is 7.60. The van der Waals surface area contributed by atoms with Crippen molar-refractivity contribution in [3.63, 3.8) is 0 Å². The van der Waals surface area contributed by atoms with E-state index in [-0.39, 0.29) is 30.2 Å². The van der Waals surface area contributed by atoms with Crippen LogP contribution in [0.1, 0.15) is 31.2 Å². The summed E-state index contributed by atoms with van der Waals surface area (Å²) < 4.78 is 40.6. The predicted octanol–water partition coefficient (Wildman–Crippen LogP) is 3.06. The van der Waals surface area contributed by atoms with Gasteiger partial charge in [0.25, 0.3) is 0 Å². The fourth-order valence-corrected chi connectivity index (χ4v) is 2.96. The molecule has 1 aliphatic carbocycles. The molecule has 0 heterocycles. The number of halogens is 3. The topological polar surface area (TPSA) is 55.6 Å². The highest BCUT2D eigenvalue weighted by Gasteiger charge is 2.31. The highest BCUT2D eigenvalue weighted by Crippen LogP contribution is 2.26. The maximum Gasteiger partial charge on any atom is 0.573 e. The van der Waals surface area contributed by atoms with Crippen LogP contribution < -0.4 is 10.5 Å². The Morgan fingerprint density at radius 1 is 1.39 bits per heavy atom. The van der Waals surface area contributed by atoms with Gasteiger partial charge in [-0.2, -0.15) is 0 Å². The van der Waals surface area contributed by atoms with Gasteiger partial charge in [0.2, 0.25) is 5.91 Å².